The summed E-state index contributed by atoms with van der Waals surface area (Å²) < 4.78 is 42.8. The second-order valence-electron chi connectivity index (χ2n) is 6.09. The molecule has 1 saturated heterocycles. The molecule has 0 bridgehead atoms. The Hall–Kier alpha value is -2.07. The molecule has 1 aromatic heterocycles. The van der Waals surface area contributed by atoms with E-state index in [-0.39, 0.29) is 0 Å². The second-order valence-corrected chi connectivity index (χ2v) is 6.09. The fourth-order valence-corrected chi connectivity index (χ4v) is 2.56. The molecule has 0 spiro atoms. The van der Waals surface area contributed by atoms with Crippen LogP contribution in [0, 0.1) is 0 Å². The van der Waals surface area contributed by atoms with Gasteiger partial charge in [0.05, 0.1) is 18.8 Å². The molecule has 2 heterocycles. The molecule has 1 aromatic rings. The summed E-state index contributed by atoms with van der Waals surface area (Å²) >= 11 is 0. The van der Waals surface area contributed by atoms with Gasteiger partial charge in [0.15, 0.2) is 5.96 Å². The van der Waals surface area contributed by atoms with Crippen molar-refractivity contribution in [2.75, 3.05) is 64.8 Å². The van der Waals surface area contributed by atoms with Crippen LogP contribution in [0.5, 0.6) is 0 Å². The SMILES string of the molecule is CN=C(NCCCNc1ccc(C(F)(F)F)cn1)NCCN1CCOCC1. The van der Waals surface area contributed by atoms with E-state index in [0.717, 1.165) is 64.0 Å². The zero-order valence-electron chi connectivity index (χ0n) is 15.5. The number of aliphatic imine (C=N–C) groups is 1. The van der Waals surface area contributed by atoms with Crippen LogP contribution in [-0.2, 0) is 10.9 Å². The third kappa shape index (κ3) is 8.00. The molecular weight excluding hydrogens is 361 g/mol. The molecular formula is C17H27F3N6O. The van der Waals surface area contributed by atoms with Gasteiger partial charge in [0.2, 0.25) is 0 Å². The van der Waals surface area contributed by atoms with Crippen molar-refractivity contribution in [3.05, 3.63) is 23.9 Å². The van der Waals surface area contributed by atoms with E-state index < -0.39 is 11.7 Å². The largest absolute Gasteiger partial charge is 0.417 e. The predicted octanol–water partition coefficient (Wildman–Crippen LogP) is 1.40. The van der Waals surface area contributed by atoms with E-state index in [1.807, 2.05) is 0 Å². The number of alkyl halides is 3. The first-order chi connectivity index (χ1) is 13.0. The van der Waals surface area contributed by atoms with Crippen LogP contribution in [0.4, 0.5) is 19.0 Å². The summed E-state index contributed by atoms with van der Waals surface area (Å²) in [5, 5.41) is 9.48. The molecule has 2 rings (SSSR count). The molecule has 0 saturated carbocycles. The third-order valence-electron chi connectivity index (χ3n) is 4.09. The maximum atomic E-state index is 12.5. The number of guanidine groups is 1. The minimum absolute atomic E-state index is 0.427. The first-order valence-electron chi connectivity index (χ1n) is 9.01. The van der Waals surface area contributed by atoms with E-state index in [4.69, 9.17) is 4.74 Å². The molecule has 1 aliphatic rings. The summed E-state index contributed by atoms with van der Waals surface area (Å²) in [6.45, 7) is 6.50. The Kier molecular flexibility index (Phi) is 8.59. The number of halogens is 3. The molecule has 0 aliphatic carbocycles. The third-order valence-corrected chi connectivity index (χ3v) is 4.09. The second kappa shape index (κ2) is 10.9. The molecule has 0 amide bonds. The van der Waals surface area contributed by atoms with Crippen molar-refractivity contribution in [1.82, 2.24) is 20.5 Å². The van der Waals surface area contributed by atoms with Gasteiger partial charge in [-0.1, -0.05) is 0 Å². The highest BCUT2D eigenvalue weighted by molar-refractivity contribution is 5.79. The lowest BCUT2D eigenvalue weighted by atomic mass is 10.3. The molecule has 0 aromatic carbocycles. The fraction of sp³-hybridized carbons (Fsp3) is 0.647. The summed E-state index contributed by atoms with van der Waals surface area (Å²) in [4.78, 5) is 10.3. The smallest absolute Gasteiger partial charge is 0.379 e. The molecule has 3 N–H and O–H groups in total. The maximum absolute atomic E-state index is 12.5. The Balaban J connectivity index is 1.56. The highest BCUT2D eigenvalue weighted by Gasteiger charge is 2.30. The number of nitrogens with one attached hydrogen (secondary N) is 3. The van der Waals surface area contributed by atoms with Gasteiger partial charge in [-0.05, 0) is 18.6 Å². The molecule has 27 heavy (non-hydrogen) atoms. The van der Waals surface area contributed by atoms with Crippen LogP contribution in [0.2, 0.25) is 0 Å². The van der Waals surface area contributed by atoms with Gasteiger partial charge >= 0.3 is 6.18 Å². The normalized spacial score (nSPS) is 16.2. The van der Waals surface area contributed by atoms with Crippen LogP contribution in [0.25, 0.3) is 0 Å². The summed E-state index contributed by atoms with van der Waals surface area (Å²) in [6.07, 6.45) is -2.76. The Bertz CT molecular complexity index is 573. The number of aromatic nitrogens is 1. The molecule has 10 heteroatoms. The number of anilines is 1. The maximum Gasteiger partial charge on any atom is 0.417 e. The van der Waals surface area contributed by atoms with Crippen molar-refractivity contribution in [3.63, 3.8) is 0 Å². The number of morpholine rings is 1. The molecule has 152 valence electrons. The van der Waals surface area contributed by atoms with Crippen molar-refractivity contribution < 1.29 is 17.9 Å². The standard InChI is InChI=1S/C17H27F3N6O/c1-21-16(24-7-8-26-9-11-27-12-10-26)23-6-2-5-22-15-4-3-14(13-25-15)17(18,19)20/h3-4,13H,2,5-12H2,1H3,(H,22,25)(H2,21,23,24). The Morgan fingerprint density at radius 1 is 1.19 bits per heavy atom. The van der Waals surface area contributed by atoms with Gasteiger partial charge in [-0.25, -0.2) is 4.98 Å². The first-order valence-corrected chi connectivity index (χ1v) is 9.01. The van der Waals surface area contributed by atoms with Crippen molar-refractivity contribution in [2.24, 2.45) is 4.99 Å². The lowest BCUT2D eigenvalue weighted by Gasteiger charge is -2.26. The minimum Gasteiger partial charge on any atom is -0.379 e. The van der Waals surface area contributed by atoms with Crippen LogP contribution < -0.4 is 16.0 Å². The van der Waals surface area contributed by atoms with Gasteiger partial charge in [-0.3, -0.25) is 9.89 Å². The highest BCUT2D eigenvalue weighted by Crippen LogP contribution is 2.28. The summed E-state index contributed by atoms with van der Waals surface area (Å²) in [5.74, 6) is 1.16. The van der Waals surface area contributed by atoms with Crippen molar-refractivity contribution >= 4 is 11.8 Å². The molecule has 1 fully saturated rings. The Morgan fingerprint density at radius 3 is 2.56 bits per heavy atom. The average Bonchev–Trinajstić information content (AvgIpc) is 2.67. The van der Waals surface area contributed by atoms with Gasteiger partial charge in [-0.2, -0.15) is 13.2 Å². The van der Waals surface area contributed by atoms with Gasteiger partial charge in [-0.15, -0.1) is 0 Å². The minimum atomic E-state index is -4.36. The number of rotatable bonds is 8. The molecule has 0 atom stereocenters. The molecule has 0 unspecified atom stereocenters. The summed E-state index contributed by atoms with van der Waals surface area (Å²) in [6, 6.07) is 2.36. The highest BCUT2D eigenvalue weighted by atomic mass is 19.4. The molecule has 1 aliphatic heterocycles. The van der Waals surface area contributed by atoms with Crippen LogP contribution in [0.3, 0.4) is 0 Å². The molecule has 7 nitrogen and oxygen atoms in total. The number of nitrogens with zero attached hydrogens (tertiary/aromatic N) is 3. The van der Waals surface area contributed by atoms with E-state index in [0.29, 0.717) is 18.9 Å². The number of ether oxygens (including phenoxy) is 1. The lowest BCUT2D eigenvalue weighted by molar-refractivity contribution is -0.137. The first kappa shape index (κ1) is 21.2. The van der Waals surface area contributed by atoms with E-state index in [2.05, 4.69) is 30.8 Å². The van der Waals surface area contributed by atoms with Crippen LogP contribution in [0.15, 0.2) is 23.3 Å². The van der Waals surface area contributed by atoms with Gasteiger partial charge < -0.3 is 20.7 Å². The molecule has 0 radical (unpaired) electrons. The Morgan fingerprint density at radius 2 is 1.93 bits per heavy atom. The van der Waals surface area contributed by atoms with E-state index in [1.54, 1.807) is 7.05 Å². The zero-order chi connectivity index (χ0) is 19.5. The Labute approximate surface area is 157 Å². The van der Waals surface area contributed by atoms with Crippen LogP contribution >= 0.6 is 0 Å². The number of hydrogen-bond acceptors (Lipinski definition) is 5. The van der Waals surface area contributed by atoms with Crippen LogP contribution in [0.1, 0.15) is 12.0 Å². The average molecular weight is 388 g/mol. The predicted molar refractivity (Wildman–Crippen MR) is 99.0 cm³/mol. The summed E-state index contributed by atoms with van der Waals surface area (Å²) in [7, 11) is 1.72. The van der Waals surface area contributed by atoms with Crippen LogP contribution in [-0.4, -0.2) is 75.4 Å². The number of hydrogen-bond donors (Lipinski definition) is 3. The van der Waals surface area contributed by atoms with Gasteiger partial charge in [0.25, 0.3) is 0 Å². The monoisotopic (exact) mass is 388 g/mol. The van der Waals surface area contributed by atoms with Gasteiger partial charge in [0.1, 0.15) is 5.82 Å². The topological polar surface area (TPSA) is 73.8 Å². The van der Waals surface area contributed by atoms with Crippen molar-refractivity contribution in [1.29, 1.82) is 0 Å². The summed E-state index contributed by atoms with van der Waals surface area (Å²) in [5.41, 5.74) is -0.748. The van der Waals surface area contributed by atoms with Crippen molar-refractivity contribution in [2.45, 2.75) is 12.6 Å². The lowest BCUT2D eigenvalue weighted by Crippen LogP contribution is -2.44. The van der Waals surface area contributed by atoms with E-state index in [9.17, 15) is 13.2 Å². The fourth-order valence-electron chi connectivity index (χ4n) is 2.56. The quantitative estimate of drug-likeness (QED) is 0.355. The van der Waals surface area contributed by atoms with E-state index >= 15 is 0 Å². The van der Waals surface area contributed by atoms with Crippen molar-refractivity contribution in [3.8, 4) is 0 Å². The van der Waals surface area contributed by atoms with Gasteiger partial charge in [0, 0.05) is 52.5 Å². The zero-order valence-corrected chi connectivity index (χ0v) is 15.5. The van der Waals surface area contributed by atoms with E-state index in [1.165, 1.54) is 6.07 Å². The number of pyridine rings is 1.